The highest BCUT2D eigenvalue weighted by atomic mass is 35.5. The predicted molar refractivity (Wildman–Crippen MR) is 66.0 cm³/mol. The van der Waals surface area contributed by atoms with Gasteiger partial charge in [-0.05, 0) is 18.2 Å². The molecule has 0 aliphatic rings. The zero-order valence-corrected chi connectivity index (χ0v) is 10.2. The van der Waals surface area contributed by atoms with E-state index in [0.717, 1.165) is 0 Å². The standard InChI is InChI=1S/C12H11ClFN3O/c13-9-3-1-4-10(14)11(9)12(18)15-6-8-17-7-2-5-16-17/h1-5,7H,6,8H2,(H,15,18). The highest BCUT2D eigenvalue weighted by molar-refractivity contribution is 6.33. The zero-order chi connectivity index (χ0) is 13.0. The van der Waals surface area contributed by atoms with E-state index < -0.39 is 11.7 Å². The van der Waals surface area contributed by atoms with E-state index in [1.807, 2.05) is 0 Å². The summed E-state index contributed by atoms with van der Waals surface area (Å²) < 4.78 is 15.1. The molecule has 0 radical (unpaired) electrons. The van der Waals surface area contributed by atoms with Gasteiger partial charge in [0.25, 0.3) is 5.91 Å². The van der Waals surface area contributed by atoms with Crippen LogP contribution < -0.4 is 5.32 Å². The molecule has 0 bridgehead atoms. The van der Waals surface area contributed by atoms with Gasteiger partial charge in [-0.25, -0.2) is 4.39 Å². The smallest absolute Gasteiger partial charge is 0.255 e. The summed E-state index contributed by atoms with van der Waals surface area (Å²) >= 11 is 5.78. The first-order chi connectivity index (χ1) is 8.68. The number of halogens is 2. The Hall–Kier alpha value is -1.88. The lowest BCUT2D eigenvalue weighted by Crippen LogP contribution is -2.28. The van der Waals surface area contributed by atoms with Crippen LogP contribution in [0.1, 0.15) is 10.4 Å². The molecule has 0 fully saturated rings. The van der Waals surface area contributed by atoms with Crippen molar-refractivity contribution in [2.75, 3.05) is 6.54 Å². The normalized spacial score (nSPS) is 10.3. The fourth-order valence-electron chi connectivity index (χ4n) is 1.52. The Kier molecular flexibility index (Phi) is 3.94. The van der Waals surface area contributed by atoms with Gasteiger partial charge in [-0.1, -0.05) is 17.7 Å². The molecule has 4 nitrogen and oxygen atoms in total. The molecule has 0 atom stereocenters. The highest BCUT2D eigenvalue weighted by Gasteiger charge is 2.14. The second-order valence-corrected chi connectivity index (χ2v) is 4.03. The van der Waals surface area contributed by atoms with Crippen molar-refractivity contribution in [1.29, 1.82) is 0 Å². The molecule has 0 unspecified atom stereocenters. The third kappa shape index (κ3) is 2.87. The van der Waals surface area contributed by atoms with Crippen molar-refractivity contribution >= 4 is 17.5 Å². The number of benzene rings is 1. The molecule has 18 heavy (non-hydrogen) atoms. The minimum absolute atomic E-state index is 0.103. The van der Waals surface area contributed by atoms with Gasteiger partial charge in [-0.3, -0.25) is 9.48 Å². The third-order valence-corrected chi connectivity index (χ3v) is 2.69. The molecule has 0 aliphatic carbocycles. The molecule has 0 saturated heterocycles. The Bertz CT molecular complexity index is 522. The van der Waals surface area contributed by atoms with E-state index in [1.165, 1.54) is 18.2 Å². The summed E-state index contributed by atoms with van der Waals surface area (Å²) in [5, 5.41) is 6.68. The molecule has 0 spiro atoms. The molecule has 2 rings (SSSR count). The first kappa shape index (κ1) is 12.6. The van der Waals surface area contributed by atoms with Crippen molar-refractivity contribution in [3.8, 4) is 0 Å². The van der Waals surface area contributed by atoms with Crippen LogP contribution in [0.4, 0.5) is 4.39 Å². The van der Waals surface area contributed by atoms with Gasteiger partial charge in [0.05, 0.1) is 17.1 Å². The Morgan fingerprint density at radius 3 is 2.94 bits per heavy atom. The molecule has 1 amide bonds. The van der Waals surface area contributed by atoms with E-state index in [1.54, 1.807) is 23.1 Å². The second kappa shape index (κ2) is 5.64. The summed E-state index contributed by atoms with van der Waals surface area (Å²) in [6.45, 7) is 0.871. The zero-order valence-electron chi connectivity index (χ0n) is 9.44. The SMILES string of the molecule is O=C(NCCn1cccn1)c1c(F)cccc1Cl. The lowest BCUT2D eigenvalue weighted by molar-refractivity contribution is 0.0948. The van der Waals surface area contributed by atoms with Crippen LogP contribution in [-0.4, -0.2) is 22.2 Å². The summed E-state index contributed by atoms with van der Waals surface area (Å²) in [5.41, 5.74) is -0.125. The third-order valence-electron chi connectivity index (χ3n) is 2.38. The second-order valence-electron chi connectivity index (χ2n) is 3.62. The van der Waals surface area contributed by atoms with Gasteiger partial charge < -0.3 is 5.32 Å². The lowest BCUT2D eigenvalue weighted by atomic mass is 10.2. The Labute approximate surface area is 108 Å². The molecule has 1 N–H and O–H groups in total. The summed E-state index contributed by atoms with van der Waals surface area (Å²) in [7, 11) is 0. The quantitative estimate of drug-likeness (QED) is 0.922. The van der Waals surface area contributed by atoms with Crippen LogP contribution in [0.25, 0.3) is 0 Å². The fraction of sp³-hybridized carbons (Fsp3) is 0.167. The lowest BCUT2D eigenvalue weighted by Gasteiger charge is -2.07. The van der Waals surface area contributed by atoms with Gasteiger partial charge in [0.1, 0.15) is 5.82 Å². The Balaban J connectivity index is 1.96. The van der Waals surface area contributed by atoms with Crippen LogP contribution in [-0.2, 0) is 6.54 Å². The van der Waals surface area contributed by atoms with Crippen molar-refractivity contribution in [3.05, 3.63) is 53.1 Å². The van der Waals surface area contributed by atoms with Crippen molar-refractivity contribution in [3.63, 3.8) is 0 Å². The van der Waals surface area contributed by atoms with E-state index in [0.29, 0.717) is 13.1 Å². The minimum Gasteiger partial charge on any atom is -0.350 e. The molecular formula is C12H11ClFN3O. The Morgan fingerprint density at radius 2 is 2.28 bits per heavy atom. The van der Waals surface area contributed by atoms with Crippen LogP contribution in [0.3, 0.4) is 0 Å². The molecule has 94 valence electrons. The first-order valence-electron chi connectivity index (χ1n) is 5.38. The maximum Gasteiger partial charge on any atom is 0.255 e. The van der Waals surface area contributed by atoms with E-state index >= 15 is 0 Å². The van der Waals surface area contributed by atoms with Gasteiger partial charge in [0, 0.05) is 18.9 Å². The maximum absolute atomic E-state index is 13.4. The number of amides is 1. The van der Waals surface area contributed by atoms with Crippen molar-refractivity contribution < 1.29 is 9.18 Å². The van der Waals surface area contributed by atoms with Crippen molar-refractivity contribution in [1.82, 2.24) is 15.1 Å². The monoisotopic (exact) mass is 267 g/mol. The summed E-state index contributed by atoms with van der Waals surface area (Å²) in [5.74, 6) is -1.15. The van der Waals surface area contributed by atoms with Crippen LogP contribution in [0.5, 0.6) is 0 Å². The molecular weight excluding hydrogens is 257 g/mol. The van der Waals surface area contributed by atoms with Crippen LogP contribution in [0.15, 0.2) is 36.7 Å². The van der Waals surface area contributed by atoms with Gasteiger partial charge in [0.2, 0.25) is 0 Å². The topological polar surface area (TPSA) is 46.9 Å². The molecule has 2 aromatic rings. The number of aromatic nitrogens is 2. The molecule has 1 aromatic carbocycles. The maximum atomic E-state index is 13.4. The molecule has 0 aliphatic heterocycles. The molecule has 6 heteroatoms. The average Bonchev–Trinajstić information content (AvgIpc) is 2.82. The highest BCUT2D eigenvalue weighted by Crippen LogP contribution is 2.18. The van der Waals surface area contributed by atoms with Crippen LogP contribution >= 0.6 is 11.6 Å². The summed E-state index contributed by atoms with van der Waals surface area (Å²) in [4.78, 5) is 11.7. The minimum atomic E-state index is -0.626. The molecule has 1 heterocycles. The largest absolute Gasteiger partial charge is 0.350 e. The van der Waals surface area contributed by atoms with E-state index in [9.17, 15) is 9.18 Å². The van der Waals surface area contributed by atoms with E-state index in [4.69, 9.17) is 11.6 Å². The number of carbonyl (C=O) groups excluding carboxylic acids is 1. The molecule has 0 saturated carbocycles. The first-order valence-corrected chi connectivity index (χ1v) is 5.76. The number of hydrogen-bond acceptors (Lipinski definition) is 2. The summed E-state index contributed by atoms with van der Waals surface area (Å²) in [6, 6.07) is 5.93. The average molecular weight is 268 g/mol. The fourth-order valence-corrected chi connectivity index (χ4v) is 1.77. The Morgan fingerprint density at radius 1 is 1.44 bits per heavy atom. The number of carbonyl (C=O) groups is 1. The number of nitrogens with zero attached hydrogens (tertiary/aromatic N) is 2. The number of hydrogen-bond donors (Lipinski definition) is 1. The summed E-state index contributed by atoms with van der Waals surface area (Å²) in [6.07, 6.45) is 3.43. The van der Waals surface area contributed by atoms with Gasteiger partial charge in [-0.2, -0.15) is 5.10 Å². The van der Waals surface area contributed by atoms with Crippen LogP contribution in [0, 0.1) is 5.82 Å². The predicted octanol–water partition coefficient (Wildman–Crippen LogP) is 2.11. The van der Waals surface area contributed by atoms with Crippen molar-refractivity contribution in [2.24, 2.45) is 0 Å². The number of rotatable bonds is 4. The molecule has 1 aromatic heterocycles. The number of nitrogens with one attached hydrogen (secondary N) is 1. The van der Waals surface area contributed by atoms with Crippen molar-refractivity contribution in [2.45, 2.75) is 6.54 Å². The van der Waals surface area contributed by atoms with Crippen LogP contribution in [0.2, 0.25) is 5.02 Å². The van der Waals surface area contributed by atoms with Gasteiger partial charge in [0.15, 0.2) is 0 Å². The van der Waals surface area contributed by atoms with E-state index in [-0.39, 0.29) is 10.6 Å². The van der Waals surface area contributed by atoms with E-state index in [2.05, 4.69) is 10.4 Å². The van der Waals surface area contributed by atoms with Gasteiger partial charge in [-0.15, -0.1) is 0 Å². The van der Waals surface area contributed by atoms with Gasteiger partial charge >= 0.3 is 0 Å².